The van der Waals surface area contributed by atoms with Crippen molar-refractivity contribution in [2.75, 3.05) is 5.32 Å². The summed E-state index contributed by atoms with van der Waals surface area (Å²) in [5.41, 5.74) is 1.48. The van der Waals surface area contributed by atoms with Crippen molar-refractivity contribution in [3.63, 3.8) is 0 Å². The van der Waals surface area contributed by atoms with Crippen molar-refractivity contribution >= 4 is 40.8 Å². The number of carbonyl (C=O) groups excluding carboxylic acids is 1. The Labute approximate surface area is 129 Å². The number of amides is 1. The molecular formula is C15H13F2NOS2. The van der Waals surface area contributed by atoms with E-state index in [1.165, 1.54) is 17.4 Å². The highest BCUT2D eigenvalue weighted by molar-refractivity contribution is 7.99. The number of hydrogen-bond donors (Lipinski definition) is 1. The first-order valence-electron chi connectivity index (χ1n) is 6.13. The summed E-state index contributed by atoms with van der Waals surface area (Å²) in [7, 11) is 0. The topological polar surface area (TPSA) is 29.1 Å². The Kier molecular flexibility index (Phi) is 5.52. The van der Waals surface area contributed by atoms with Gasteiger partial charge in [-0.1, -0.05) is 23.9 Å². The second-order valence-corrected chi connectivity index (χ2v) is 6.14. The SMILES string of the molecule is Cc1ccsc1/C=C/C(=O)Nc1ccccc1SC(F)F. The smallest absolute Gasteiger partial charge is 0.288 e. The zero-order chi connectivity index (χ0) is 15.2. The maximum atomic E-state index is 12.5. The molecule has 1 aromatic carbocycles. The molecule has 0 aliphatic carbocycles. The molecule has 0 unspecified atom stereocenters. The van der Waals surface area contributed by atoms with Gasteiger partial charge >= 0.3 is 0 Å². The Morgan fingerprint density at radius 1 is 1.33 bits per heavy atom. The minimum atomic E-state index is -2.52. The zero-order valence-corrected chi connectivity index (χ0v) is 12.8. The number of carbonyl (C=O) groups is 1. The molecular weight excluding hydrogens is 312 g/mol. The van der Waals surface area contributed by atoms with E-state index in [0.717, 1.165) is 10.4 Å². The van der Waals surface area contributed by atoms with Gasteiger partial charge in [-0.05, 0) is 42.1 Å². The van der Waals surface area contributed by atoms with Gasteiger partial charge in [0.1, 0.15) is 0 Å². The number of anilines is 1. The Morgan fingerprint density at radius 2 is 2.10 bits per heavy atom. The predicted molar refractivity (Wildman–Crippen MR) is 85.0 cm³/mol. The molecule has 0 aliphatic rings. The first-order chi connectivity index (χ1) is 10.1. The number of alkyl halides is 2. The van der Waals surface area contributed by atoms with E-state index in [-0.39, 0.29) is 5.91 Å². The Hall–Kier alpha value is -1.66. The lowest BCUT2D eigenvalue weighted by molar-refractivity contribution is -0.111. The van der Waals surface area contributed by atoms with Crippen LogP contribution < -0.4 is 5.32 Å². The maximum absolute atomic E-state index is 12.5. The van der Waals surface area contributed by atoms with Gasteiger partial charge in [-0.25, -0.2) is 0 Å². The van der Waals surface area contributed by atoms with E-state index in [1.54, 1.807) is 30.3 Å². The number of halogens is 2. The lowest BCUT2D eigenvalue weighted by atomic mass is 10.2. The number of benzene rings is 1. The summed E-state index contributed by atoms with van der Waals surface area (Å²) in [4.78, 5) is 13.2. The molecule has 1 N–H and O–H groups in total. The van der Waals surface area contributed by atoms with E-state index in [2.05, 4.69) is 5.32 Å². The highest BCUT2D eigenvalue weighted by Gasteiger charge is 2.10. The number of thioether (sulfide) groups is 1. The van der Waals surface area contributed by atoms with Crippen molar-refractivity contribution in [1.29, 1.82) is 0 Å². The van der Waals surface area contributed by atoms with E-state index in [1.807, 2.05) is 18.4 Å². The number of rotatable bonds is 5. The molecule has 0 fully saturated rings. The summed E-state index contributed by atoms with van der Waals surface area (Å²) in [5.74, 6) is -2.86. The maximum Gasteiger partial charge on any atom is 0.288 e. The van der Waals surface area contributed by atoms with Gasteiger partial charge in [0.25, 0.3) is 5.76 Å². The highest BCUT2D eigenvalue weighted by Crippen LogP contribution is 2.31. The van der Waals surface area contributed by atoms with Crippen LogP contribution in [-0.2, 0) is 4.79 Å². The van der Waals surface area contributed by atoms with Crippen LogP contribution in [0.25, 0.3) is 6.08 Å². The Bertz CT molecular complexity index is 653. The molecule has 0 atom stereocenters. The summed E-state index contributed by atoms with van der Waals surface area (Å²) in [6, 6.07) is 8.48. The second kappa shape index (κ2) is 7.38. The van der Waals surface area contributed by atoms with Gasteiger partial charge < -0.3 is 5.32 Å². The molecule has 1 amide bonds. The first kappa shape index (κ1) is 15.7. The molecule has 2 nitrogen and oxygen atoms in total. The van der Waals surface area contributed by atoms with Crippen LogP contribution in [0.4, 0.5) is 14.5 Å². The molecule has 2 rings (SSSR count). The molecule has 0 aliphatic heterocycles. The third-order valence-electron chi connectivity index (χ3n) is 2.65. The molecule has 21 heavy (non-hydrogen) atoms. The van der Waals surface area contributed by atoms with Crippen molar-refractivity contribution in [2.45, 2.75) is 17.6 Å². The quantitative estimate of drug-likeness (QED) is 0.617. The number of hydrogen-bond acceptors (Lipinski definition) is 3. The van der Waals surface area contributed by atoms with E-state index in [0.29, 0.717) is 22.3 Å². The van der Waals surface area contributed by atoms with Crippen LogP contribution in [0.15, 0.2) is 46.7 Å². The highest BCUT2D eigenvalue weighted by atomic mass is 32.2. The minimum absolute atomic E-state index is 0.342. The standard InChI is InChI=1S/C15H13F2NOS2/c1-10-8-9-20-12(10)6-7-14(19)18-11-4-2-3-5-13(11)21-15(16)17/h2-9,15H,1H3,(H,18,19)/b7-6+. The van der Waals surface area contributed by atoms with Crippen LogP contribution in [0.2, 0.25) is 0 Å². The fourth-order valence-electron chi connectivity index (χ4n) is 1.65. The molecule has 0 saturated carbocycles. The van der Waals surface area contributed by atoms with Crippen molar-refractivity contribution in [2.24, 2.45) is 0 Å². The van der Waals surface area contributed by atoms with Crippen molar-refractivity contribution in [3.8, 4) is 0 Å². The minimum Gasteiger partial charge on any atom is -0.321 e. The molecule has 1 aromatic heterocycles. The second-order valence-electron chi connectivity index (χ2n) is 4.17. The van der Waals surface area contributed by atoms with Gasteiger partial charge in [-0.2, -0.15) is 8.78 Å². The third kappa shape index (κ3) is 4.68. The lowest BCUT2D eigenvalue weighted by Crippen LogP contribution is -2.08. The lowest BCUT2D eigenvalue weighted by Gasteiger charge is -2.08. The van der Waals surface area contributed by atoms with Gasteiger partial charge in [0.2, 0.25) is 5.91 Å². The van der Waals surface area contributed by atoms with Crippen LogP contribution in [0.5, 0.6) is 0 Å². The van der Waals surface area contributed by atoms with Crippen LogP contribution in [0.1, 0.15) is 10.4 Å². The summed E-state index contributed by atoms with van der Waals surface area (Å²) >= 11 is 1.95. The molecule has 0 bridgehead atoms. The summed E-state index contributed by atoms with van der Waals surface area (Å²) < 4.78 is 24.9. The average Bonchev–Trinajstić information content (AvgIpc) is 2.84. The van der Waals surface area contributed by atoms with Crippen molar-refractivity contribution < 1.29 is 13.6 Å². The van der Waals surface area contributed by atoms with Crippen molar-refractivity contribution in [3.05, 3.63) is 52.2 Å². The van der Waals surface area contributed by atoms with Crippen molar-refractivity contribution in [1.82, 2.24) is 0 Å². The Balaban J connectivity index is 2.06. The molecule has 0 radical (unpaired) electrons. The van der Waals surface area contributed by atoms with Crippen LogP contribution in [-0.4, -0.2) is 11.7 Å². The number of para-hydroxylation sites is 1. The molecule has 0 saturated heterocycles. The summed E-state index contributed by atoms with van der Waals surface area (Å²) in [5, 5.41) is 4.57. The van der Waals surface area contributed by atoms with Gasteiger partial charge in [0.05, 0.1) is 5.69 Å². The molecule has 0 spiro atoms. The van der Waals surface area contributed by atoms with Gasteiger partial charge in [0.15, 0.2) is 0 Å². The summed E-state index contributed by atoms with van der Waals surface area (Å²) in [6.07, 6.45) is 3.13. The largest absolute Gasteiger partial charge is 0.321 e. The normalized spacial score (nSPS) is 11.2. The zero-order valence-electron chi connectivity index (χ0n) is 11.2. The van der Waals surface area contributed by atoms with E-state index in [9.17, 15) is 13.6 Å². The first-order valence-corrected chi connectivity index (χ1v) is 7.89. The van der Waals surface area contributed by atoms with Crippen LogP contribution in [0.3, 0.4) is 0 Å². The van der Waals surface area contributed by atoms with Crippen LogP contribution >= 0.6 is 23.1 Å². The number of aryl methyl sites for hydroxylation is 1. The fourth-order valence-corrected chi connectivity index (χ4v) is 3.06. The Morgan fingerprint density at radius 3 is 2.76 bits per heavy atom. The predicted octanol–water partition coefficient (Wildman–Crippen LogP) is 5.02. The van der Waals surface area contributed by atoms with Crippen LogP contribution in [0, 0.1) is 6.92 Å². The average molecular weight is 325 g/mol. The molecule has 2 aromatic rings. The number of thiophene rings is 1. The molecule has 1 heterocycles. The van der Waals surface area contributed by atoms with E-state index >= 15 is 0 Å². The van der Waals surface area contributed by atoms with E-state index < -0.39 is 5.76 Å². The molecule has 110 valence electrons. The summed E-state index contributed by atoms with van der Waals surface area (Å²) in [6.45, 7) is 1.96. The third-order valence-corrected chi connectivity index (χ3v) is 4.42. The van der Waals surface area contributed by atoms with E-state index in [4.69, 9.17) is 0 Å². The van der Waals surface area contributed by atoms with Gasteiger partial charge in [-0.3, -0.25) is 4.79 Å². The number of nitrogens with one attached hydrogen (secondary N) is 1. The van der Waals surface area contributed by atoms with Gasteiger partial charge in [0, 0.05) is 15.8 Å². The van der Waals surface area contributed by atoms with Gasteiger partial charge in [-0.15, -0.1) is 11.3 Å². The molecule has 6 heteroatoms. The monoisotopic (exact) mass is 325 g/mol. The fraction of sp³-hybridized carbons (Fsp3) is 0.133.